The van der Waals surface area contributed by atoms with E-state index < -0.39 is 0 Å². The van der Waals surface area contributed by atoms with Gasteiger partial charge in [0.15, 0.2) is 0 Å². The fourth-order valence-corrected chi connectivity index (χ4v) is 2.47. The molecule has 1 aromatic heterocycles. The molecule has 2 heterocycles. The molecule has 1 saturated heterocycles. The Hall–Kier alpha value is -0.760. The van der Waals surface area contributed by atoms with Gasteiger partial charge in [0.2, 0.25) is 0 Å². The van der Waals surface area contributed by atoms with Crippen LogP contribution in [0.5, 0.6) is 0 Å². The van der Waals surface area contributed by atoms with Gasteiger partial charge >= 0.3 is 0 Å². The van der Waals surface area contributed by atoms with Crippen molar-refractivity contribution in [3.63, 3.8) is 0 Å². The van der Waals surface area contributed by atoms with Crippen LogP contribution in [0, 0.1) is 19.8 Å². The van der Waals surface area contributed by atoms with Gasteiger partial charge in [-0.15, -0.1) is 0 Å². The number of aromatic nitrogens is 1. The summed E-state index contributed by atoms with van der Waals surface area (Å²) in [6, 6.07) is 4.97. The molecule has 0 N–H and O–H groups in total. The van der Waals surface area contributed by atoms with Gasteiger partial charge in [-0.1, -0.05) is 0 Å². The van der Waals surface area contributed by atoms with Crippen molar-refractivity contribution in [3.05, 3.63) is 23.5 Å². The minimum absolute atomic E-state index is 0.576. The van der Waals surface area contributed by atoms with Crippen molar-refractivity contribution < 1.29 is 4.74 Å². The summed E-state index contributed by atoms with van der Waals surface area (Å²) in [6.45, 7) is 8.53. The Morgan fingerprint density at radius 2 is 2.00 bits per heavy atom. The SMILES string of the molecule is Cc1ccc(C)n1C(C)C1CCOC1. The fraction of sp³-hybridized carbons (Fsp3) is 0.667. The summed E-state index contributed by atoms with van der Waals surface area (Å²) in [5, 5.41) is 0. The zero-order chi connectivity index (χ0) is 10.1. The molecule has 1 fully saturated rings. The van der Waals surface area contributed by atoms with E-state index in [1.807, 2.05) is 0 Å². The van der Waals surface area contributed by atoms with Crippen LogP contribution in [0.2, 0.25) is 0 Å². The lowest BCUT2D eigenvalue weighted by atomic mass is 10.0. The first-order valence-electron chi connectivity index (χ1n) is 5.42. The average Bonchev–Trinajstić information content (AvgIpc) is 2.75. The Kier molecular flexibility index (Phi) is 2.64. The number of aryl methyl sites for hydroxylation is 2. The highest BCUT2D eigenvalue weighted by molar-refractivity contribution is 5.15. The zero-order valence-electron chi connectivity index (χ0n) is 9.29. The molecule has 1 aliphatic rings. The highest BCUT2D eigenvalue weighted by atomic mass is 16.5. The number of hydrogen-bond donors (Lipinski definition) is 0. The third kappa shape index (κ3) is 1.59. The monoisotopic (exact) mass is 193 g/mol. The van der Waals surface area contributed by atoms with Crippen LogP contribution in [0.15, 0.2) is 12.1 Å². The molecule has 0 aromatic carbocycles. The lowest BCUT2D eigenvalue weighted by Gasteiger charge is -2.23. The molecular formula is C12H19NO. The van der Waals surface area contributed by atoms with Crippen LogP contribution in [0.3, 0.4) is 0 Å². The average molecular weight is 193 g/mol. The van der Waals surface area contributed by atoms with Gasteiger partial charge in [0, 0.05) is 30.0 Å². The summed E-state index contributed by atoms with van der Waals surface area (Å²) in [5.41, 5.74) is 2.73. The lowest BCUT2D eigenvalue weighted by molar-refractivity contribution is 0.174. The van der Waals surface area contributed by atoms with Gasteiger partial charge in [0.1, 0.15) is 0 Å². The molecular weight excluding hydrogens is 174 g/mol. The molecule has 2 unspecified atom stereocenters. The molecule has 0 saturated carbocycles. The van der Waals surface area contributed by atoms with Crippen LogP contribution in [0.25, 0.3) is 0 Å². The molecule has 0 aliphatic carbocycles. The predicted octanol–water partition coefficient (Wildman–Crippen LogP) is 2.70. The maximum atomic E-state index is 5.44. The molecule has 2 nitrogen and oxygen atoms in total. The predicted molar refractivity (Wildman–Crippen MR) is 57.5 cm³/mol. The van der Waals surface area contributed by atoms with Gasteiger partial charge in [0.25, 0.3) is 0 Å². The quantitative estimate of drug-likeness (QED) is 0.704. The van der Waals surface area contributed by atoms with Gasteiger partial charge in [-0.2, -0.15) is 0 Å². The first-order chi connectivity index (χ1) is 6.70. The largest absolute Gasteiger partial charge is 0.381 e. The Morgan fingerprint density at radius 1 is 1.36 bits per heavy atom. The summed E-state index contributed by atoms with van der Waals surface area (Å²) < 4.78 is 7.87. The topological polar surface area (TPSA) is 14.2 Å². The molecule has 1 aliphatic heterocycles. The first kappa shape index (κ1) is 9.78. The highest BCUT2D eigenvalue weighted by Crippen LogP contribution is 2.28. The van der Waals surface area contributed by atoms with Crippen LogP contribution in [0.1, 0.15) is 30.8 Å². The second-order valence-corrected chi connectivity index (χ2v) is 4.35. The van der Waals surface area contributed by atoms with E-state index in [1.54, 1.807) is 0 Å². The minimum Gasteiger partial charge on any atom is -0.381 e. The molecule has 0 bridgehead atoms. The zero-order valence-corrected chi connectivity index (χ0v) is 9.29. The summed E-state index contributed by atoms with van der Waals surface area (Å²) in [5.74, 6) is 0.694. The van der Waals surface area contributed by atoms with Crippen LogP contribution >= 0.6 is 0 Å². The summed E-state index contributed by atoms with van der Waals surface area (Å²) in [4.78, 5) is 0. The first-order valence-corrected chi connectivity index (χ1v) is 5.42. The maximum Gasteiger partial charge on any atom is 0.0514 e. The molecule has 0 radical (unpaired) electrons. The Balaban J connectivity index is 2.21. The van der Waals surface area contributed by atoms with Gasteiger partial charge in [-0.3, -0.25) is 0 Å². The number of ether oxygens (including phenoxy) is 1. The van der Waals surface area contributed by atoms with E-state index in [9.17, 15) is 0 Å². The summed E-state index contributed by atoms with van der Waals surface area (Å²) >= 11 is 0. The molecule has 2 rings (SSSR count). The van der Waals surface area contributed by atoms with Crippen LogP contribution in [0.4, 0.5) is 0 Å². The Bertz CT molecular complexity index is 291. The second kappa shape index (κ2) is 3.77. The van der Waals surface area contributed by atoms with Crippen molar-refractivity contribution in [2.45, 2.75) is 33.2 Å². The van der Waals surface area contributed by atoms with Crippen LogP contribution in [-0.2, 0) is 4.74 Å². The molecule has 78 valence electrons. The highest BCUT2D eigenvalue weighted by Gasteiger charge is 2.24. The smallest absolute Gasteiger partial charge is 0.0514 e. The Morgan fingerprint density at radius 3 is 2.50 bits per heavy atom. The van der Waals surface area contributed by atoms with Gasteiger partial charge in [0.05, 0.1) is 6.61 Å². The molecule has 1 aromatic rings. The van der Waals surface area contributed by atoms with E-state index in [-0.39, 0.29) is 0 Å². The standard InChI is InChI=1S/C12H19NO/c1-9-4-5-10(2)13(9)11(3)12-6-7-14-8-12/h4-5,11-12H,6-8H2,1-3H3. The van der Waals surface area contributed by atoms with Gasteiger partial charge in [-0.05, 0) is 39.3 Å². The summed E-state index contributed by atoms with van der Waals surface area (Å²) in [7, 11) is 0. The van der Waals surface area contributed by atoms with Crippen LogP contribution < -0.4 is 0 Å². The third-order valence-electron chi connectivity index (χ3n) is 3.38. The van der Waals surface area contributed by atoms with E-state index in [4.69, 9.17) is 4.74 Å². The molecule has 0 spiro atoms. The third-order valence-corrected chi connectivity index (χ3v) is 3.38. The number of hydrogen-bond acceptors (Lipinski definition) is 1. The van der Waals surface area contributed by atoms with Crippen molar-refractivity contribution in [2.75, 3.05) is 13.2 Å². The maximum absolute atomic E-state index is 5.44. The van der Waals surface area contributed by atoms with Gasteiger partial charge in [-0.25, -0.2) is 0 Å². The van der Waals surface area contributed by atoms with E-state index in [0.29, 0.717) is 12.0 Å². The molecule has 2 heteroatoms. The van der Waals surface area contributed by atoms with Crippen molar-refractivity contribution in [3.8, 4) is 0 Å². The van der Waals surface area contributed by atoms with Gasteiger partial charge < -0.3 is 9.30 Å². The lowest BCUT2D eigenvalue weighted by Crippen LogP contribution is -2.18. The minimum atomic E-state index is 0.576. The Labute approximate surface area is 85.9 Å². The van der Waals surface area contributed by atoms with E-state index in [0.717, 1.165) is 13.2 Å². The van der Waals surface area contributed by atoms with Crippen molar-refractivity contribution in [2.24, 2.45) is 5.92 Å². The van der Waals surface area contributed by atoms with E-state index in [1.165, 1.54) is 17.8 Å². The number of nitrogens with zero attached hydrogens (tertiary/aromatic N) is 1. The van der Waals surface area contributed by atoms with Crippen LogP contribution in [-0.4, -0.2) is 17.8 Å². The van der Waals surface area contributed by atoms with Crippen molar-refractivity contribution >= 4 is 0 Å². The molecule has 0 amide bonds. The number of rotatable bonds is 2. The summed E-state index contributed by atoms with van der Waals surface area (Å²) in [6.07, 6.45) is 1.21. The second-order valence-electron chi connectivity index (χ2n) is 4.35. The van der Waals surface area contributed by atoms with E-state index >= 15 is 0 Å². The normalized spacial score (nSPS) is 24.1. The molecule has 14 heavy (non-hydrogen) atoms. The van der Waals surface area contributed by atoms with Crippen molar-refractivity contribution in [1.29, 1.82) is 0 Å². The molecule has 2 atom stereocenters. The fourth-order valence-electron chi connectivity index (χ4n) is 2.47. The van der Waals surface area contributed by atoms with Crippen molar-refractivity contribution in [1.82, 2.24) is 4.57 Å². The van der Waals surface area contributed by atoms with E-state index in [2.05, 4.69) is 37.5 Å².